The monoisotopic (exact) mass is 180 g/mol. The third-order valence-electron chi connectivity index (χ3n) is 1.73. The molecule has 1 rings (SSSR count). The second-order valence-corrected chi connectivity index (χ2v) is 3.53. The van der Waals surface area contributed by atoms with Crippen LogP contribution in [-0.2, 0) is 0 Å². The minimum atomic E-state index is 0.640. The molecule has 0 bridgehead atoms. The Morgan fingerprint density at radius 1 is 1.31 bits per heavy atom. The predicted molar refractivity (Wildman–Crippen MR) is 52.8 cm³/mol. The highest BCUT2D eigenvalue weighted by Crippen LogP contribution is 2.00. The maximum atomic E-state index is 4.27. The summed E-state index contributed by atoms with van der Waals surface area (Å²) in [5.74, 6) is 2.30. The number of rotatable bonds is 3. The van der Waals surface area contributed by atoms with E-state index in [-0.39, 0.29) is 0 Å². The number of hydrogen-bond donors (Lipinski definition) is 0. The Labute approximate surface area is 78.7 Å². The minimum Gasteiger partial charge on any atom is -0.202 e. The van der Waals surface area contributed by atoms with Crippen LogP contribution in [0.15, 0.2) is 5.10 Å². The van der Waals surface area contributed by atoms with Gasteiger partial charge in [0.25, 0.3) is 0 Å². The van der Waals surface area contributed by atoms with Gasteiger partial charge in [-0.3, -0.25) is 0 Å². The quantitative estimate of drug-likeness (QED) is 0.665. The molecule has 1 heterocycles. The highest BCUT2D eigenvalue weighted by Gasteiger charge is 2.00. The molecular formula is C9H16N4. The smallest absolute Gasteiger partial charge is 0.151 e. The Hall–Kier alpha value is -1.19. The van der Waals surface area contributed by atoms with Gasteiger partial charge in [0.2, 0.25) is 0 Å². The molecule has 1 aromatic rings. The lowest BCUT2D eigenvalue weighted by Crippen LogP contribution is -1.97. The predicted octanol–water partition coefficient (Wildman–Crippen LogP) is 1.77. The Balaban J connectivity index is 2.68. The van der Waals surface area contributed by atoms with E-state index in [0.717, 1.165) is 18.1 Å². The molecule has 72 valence electrons. The zero-order valence-electron chi connectivity index (χ0n) is 8.65. The Kier molecular flexibility index (Phi) is 3.17. The van der Waals surface area contributed by atoms with Crippen LogP contribution >= 0.6 is 0 Å². The Morgan fingerprint density at radius 3 is 2.31 bits per heavy atom. The van der Waals surface area contributed by atoms with Crippen molar-refractivity contribution in [3.63, 3.8) is 0 Å². The second kappa shape index (κ2) is 4.16. The molecule has 4 nitrogen and oxygen atoms in total. The first-order valence-corrected chi connectivity index (χ1v) is 4.52. The second-order valence-electron chi connectivity index (χ2n) is 3.53. The minimum absolute atomic E-state index is 0.640. The molecule has 1 aromatic heterocycles. The van der Waals surface area contributed by atoms with Gasteiger partial charge in [-0.25, -0.2) is 4.68 Å². The fourth-order valence-electron chi connectivity index (χ4n) is 0.970. The zero-order chi connectivity index (χ0) is 9.84. The van der Waals surface area contributed by atoms with E-state index in [2.05, 4.69) is 29.1 Å². The third kappa shape index (κ3) is 2.65. The van der Waals surface area contributed by atoms with Crippen LogP contribution in [0.4, 0.5) is 0 Å². The van der Waals surface area contributed by atoms with Crippen LogP contribution in [0.1, 0.15) is 31.9 Å². The third-order valence-corrected chi connectivity index (χ3v) is 1.73. The summed E-state index contributed by atoms with van der Waals surface area (Å²) in [5.41, 5.74) is 0. The van der Waals surface area contributed by atoms with Gasteiger partial charge in [0.1, 0.15) is 0 Å². The van der Waals surface area contributed by atoms with Crippen molar-refractivity contribution in [3.05, 3.63) is 11.6 Å². The molecule has 0 fully saturated rings. The first kappa shape index (κ1) is 9.89. The molecule has 0 aliphatic carbocycles. The van der Waals surface area contributed by atoms with E-state index >= 15 is 0 Å². The summed E-state index contributed by atoms with van der Waals surface area (Å²) in [5, 5.41) is 12.1. The molecule has 0 amide bonds. The fraction of sp³-hybridized carbons (Fsp3) is 0.667. The van der Waals surface area contributed by atoms with E-state index in [1.807, 2.05) is 20.1 Å². The zero-order valence-corrected chi connectivity index (χ0v) is 8.65. The average molecular weight is 180 g/mol. The number of hydrogen-bond acceptors (Lipinski definition) is 3. The van der Waals surface area contributed by atoms with Crippen molar-refractivity contribution in [1.29, 1.82) is 0 Å². The topological polar surface area (TPSA) is 43.1 Å². The molecule has 0 aliphatic heterocycles. The molecule has 0 unspecified atom stereocenters. The lowest BCUT2D eigenvalue weighted by molar-refractivity contribution is 0.683. The van der Waals surface area contributed by atoms with Crippen molar-refractivity contribution in [1.82, 2.24) is 14.9 Å². The fourth-order valence-corrected chi connectivity index (χ4v) is 0.970. The summed E-state index contributed by atoms with van der Waals surface area (Å²) in [6, 6.07) is 0. The molecule has 0 spiro atoms. The van der Waals surface area contributed by atoms with Crippen molar-refractivity contribution in [2.24, 2.45) is 11.0 Å². The van der Waals surface area contributed by atoms with Gasteiger partial charge in [-0.1, -0.05) is 13.8 Å². The highest BCUT2D eigenvalue weighted by molar-refractivity contribution is 5.57. The summed E-state index contributed by atoms with van der Waals surface area (Å²) >= 11 is 0. The maximum Gasteiger partial charge on any atom is 0.151 e. The normalized spacial score (nSPS) is 11.8. The first-order chi connectivity index (χ1) is 6.11. The molecular weight excluding hydrogens is 164 g/mol. The van der Waals surface area contributed by atoms with Crippen molar-refractivity contribution in [2.45, 2.75) is 34.1 Å². The number of nitrogens with zero attached hydrogens (tertiary/aromatic N) is 4. The van der Waals surface area contributed by atoms with E-state index in [1.54, 1.807) is 4.68 Å². The van der Waals surface area contributed by atoms with Crippen LogP contribution in [0.5, 0.6) is 0 Å². The van der Waals surface area contributed by atoms with Gasteiger partial charge in [-0.15, -0.1) is 10.2 Å². The molecule has 0 N–H and O–H groups in total. The summed E-state index contributed by atoms with van der Waals surface area (Å²) < 4.78 is 1.75. The van der Waals surface area contributed by atoms with E-state index in [9.17, 15) is 0 Å². The summed E-state index contributed by atoms with van der Waals surface area (Å²) in [7, 11) is 0. The van der Waals surface area contributed by atoms with Crippen molar-refractivity contribution in [3.8, 4) is 0 Å². The van der Waals surface area contributed by atoms with Crippen molar-refractivity contribution < 1.29 is 0 Å². The van der Waals surface area contributed by atoms with E-state index < -0.39 is 0 Å². The molecule has 13 heavy (non-hydrogen) atoms. The van der Waals surface area contributed by atoms with Gasteiger partial charge in [-0.05, 0) is 26.2 Å². The van der Waals surface area contributed by atoms with Gasteiger partial charge in [-0.2, -0.15) is 5.10 Å². The van der Waals surface area contributed by atoms with Gasteiger partial charge in [0, 0.05) is 6.21 Å². The van der Waals surface area contributed by atoms with Crippen LogP contribution in [0.25, 0.3) is 0 Å². The lowest BCUT2D eigenvalue weighted by atomic mass is 10.2. The van der Waals surface area contributed by atoms with E-state index in [0.29, 0.717) is 5.92 Å². The largest absolute Gasteiger partial charge is 0.202 e. The van der Waals surface area contributed by atoms with Crippen LogP contribution in [0, 0.1) is 19.8 Å². The average Bonchev–Trinajstić information content (AvgIpc) is 2.34. The molecule has 0 saturated heterocycles. The van der Waals surface area contributed by atoms with Crippen LogP contribution in [-0.4, -0.2) is 21.1 Å². The number of aryl methyl sites for hydroxylation is 2. The van der Waals surface area contributed by atoms with Crippen molar-refractivity contribution >= 4 is 6.21 Å². The lowest BCUT2D eigenvalue weighted by Gasteiger charge is -1.98. The maximum absolute atomic E-state index is 4.27. The molecule has 4 heteroatoms. The Morgan fingerprint density at radius 2 is 1.85 bits per heavy atom. The summed E-state index contributed by atoms with van der Waals surface area (Å²) in [6.07, 6.45) is 2.89. The van der Waals surface area contributed by atoms with Crippen LogP contribution in [0.3, 0.4) is 0 Å². The molecule has 0 radical (unpaired) electrons. The van der Waals surface area contributed by atoms with Crippen LogP contribution < -0.4 is 0 Å². The molecule has 0 atom stereocenters. The molecule has 0 aliphatic rings. The van der Waals surface area contributed by atoms with Gasteiger partial charge in [0.05, 0.1) is 0 Å². The van der Waals surface area contributed by atoms with E-state index in [4.69, 9.17) is 0 Å². The van der Waals surface area contributed by atoms with Crippen LogP contribution in [0.2, 0.25) is 0 Å². The number of aromatic nitrogens is 3. The van der Waals surface area contributed by atoms with Crippen molar-refractivity contribution in [2.75, 3.05) is 0 Å². The SMILES string of the molecule is Cc1nnc(C)n1/N=C/CC(C)C. The first-order valence-electron chi connectivity index (χ1n) is 4.52. The summed E-state index contributed by atoms with van der Waals surface area (Å²) in [4.78, 5) is 0. The van der Waals surface area contributed by atoms with Gasteiger partial charge >= 0.3 is 0 Å². The van der Waals surface area contributed by atoms with Gasteiger partial charge < -0.3 is 0 Å². The summed E-state index contributed by atoms with van der Waals surface area (Å²) in [6.45, 7) is 8.12. The molecule has 0 saturated carbocycles. The van der Waals surface area contributed by atoms with Gasteiger partial charge in [0.15, 0.2) is 11.6 Å². The standard InChI is InChI=1S/C9H16N4/c1-7(2)5-6-10-13-8(3)11-12-9(13)4/h6-7H,5H2,1-4H3/b10-6+. The highest BCUT2D eigenvalue weighted by atomic mass is 15.4. The van der Waals surface area contributed by atoms with E-state index in [1.165, 1.54) is 0 Å². The molecule has 0 aromatic carbocycles. The Bertz CT molecular complexity index is 279.